The van der Waals surface area contributed by atoms with Crippen LogP contribution in [0, 0.1) is 12.3 Å². The van der Waals surface area contributed by atoms with Gasteiger partial charge in [-0.15, -0.1) is 6.42 Å². The van der Waals surface area contributed by atoms with Gasteiger partial charge in [0.25, 0.3) is 0 Å². The van der Waals surface area contributed by atoms with Crippen LogP contribution >= 0.6 is 26.8 Å². The Balaban J connectivity index is 1.27. The van der Waals surface area contributed by atoms with Crippen molar-refractivity contribution in [3.05, 3.63) is 46.9 Å². The van der Waals surface area contributed by atoms with Crippen molar-refractivity contribution >= 4 is 43.6 Å². The predicted octanol–water partition coefficient (Wildman–Crippen LogP) is 1.63. The predicted molar refractivity (Wildman–Crippen MR) is 186 cm³/mol. The second kappa shape index (κ2) is 18.7. The number of anilines is 1. The molecule has 3 aromatic rings. The summed E-state index contributed by atoms with van der Waals surface area (Å²) in [4.78, 5) is 39.0. The fourth-order valence-electron chi connectivity index (χ4n) is 6.04. The van der Waals surface area contributed by atoms with Crippen LogP contribution in [0.4, 0.5) is 5.82 Å². The quantitative estimate of drug-likeness (QED) is 0.0446. The number of ether oxygens (including phenoxy) is 5. The molecule has 3 unspecified atom stereocenters. The fraction of sp³-hybridized carbons (Fsp3) is 0.581. The van der Waals surface area contributed by atoms with Crippen molar-refractivity contribution in [2.75, 3.05) is 76.8 Å². The van der Waals surface area contributed by atoms with Crippen LogP contribution in [-0.2, 0) is 43.8 Å². The number of benzene rings is 1. The van der Waals surface area contributed by atoms with Crippen LogP contribution < -0.4 is 4.90 Å². The van der Waals surface area contributed by atoms with Gasteiger partial charge in [-0.3, -0.25) is 9.13 Å². The van der Waals surface area contributed by atoms with Gasteiger partial charge in [-0.25, -0.2) is 4.68 Å². The largest absolute Gasteiger partial charge is 0.387 e. The molecule has 1 aromatic carbocycles. The Morgan fingerprint density at radius 2 is 1.65 bits per heavy atom. The van der Waals surface area contributed by atoms with E-state index in [9.17, 15) is 24.2 Å². The maximum Gasteiger partial charge on any atom is 0.340 e. The summed E-state index contributed by atoms with van der Waals surface area (Å²) in [5, 5.41) is 26.3. The Bertz CT molecular complexity index is 1770. The van der Waals surface area contributed by atoms with Crippen molar-refractivity contribution < 1.29 is 62.2 Å². The Labute approximate surface area is 304 Å². The first-order chi connectivity index (χ1) is 24.9. The highest BCUT2D eigenvalue weighted by atomic mass is 35.5. The van der Waals surface area contributed by atoms with Crippen molar-refractivity contribution in [3.63, 3.8) is 0 Å². The van der Waals surface area contributed by atoms with Crippen LogP contribution in [0.25, 0.3) is 11.0 Å². The average molecular weight is 790 g/mol. The summed E-state index contributed by atoms with van der Waals surface area (Å²) in [5.41, 5.74) is 2.52. The number of aromatic nitrogens is 4. The number of hydrogen-bond acceptors (Lipinski definition) is 14. The average Bonchev–Trinajstić information content (AvgIpc) is 3.78. The van der Waals surface area contributed by atoms with Gasteiger partial charge in [-0.1, -0.05) is 30.2 Å². The van der Waals surface area contributed by atoms with Crippen molar-refractivity contribution in [2.24, 2.45) is 0 Å². The number of fused-ring (bicyclic) bond motifs is 2. The van der Waals surface area contributed by atoms with Gasteiger partial charge in [0.2, 0.25) is 5.28 Å². The van der Waals surface area contributed by atoms with Crippen LogP contribution in [0.3, 0.4) is 0 Å². The van der Waals surface area contributed by atoms with Gasteiger partial charge >= 0.3 is 15.2 Å². The topological polar surface area (TPSA) is 238 Å². The number of nitrogens with zero attached hydrogens (tertiary/aromatic N) is 5. The van der Waals surface area contributed by atoms with Crippen LogP contribution in [0.1, 0.15) is 29.8 Å². The van der Waals surface area contributed by atoms with Gasteiger partial charge < -0.3 is 58.0 Å². The Kier molecular flexibility index (Phi) is 14.6. The summed E-state index contributed by atoms with van der Waals surface area (Å²) in [7, 11) is -9.63. The van der Waals surface area contributed by atoms with E-state index in [1.54, 1.807) is 0 Å². The third-order valence-corrected chi connectivity index (χ3v) is 11.9. The highest BCUT2D eigenvalue weighted by molar-refractivity contribution is 7.70. The van der Waals surface area contributed by atoms with E-state index in [1.165, 1.54) is 16.4 Å². The molecule has 5 rings (SSSR count). The van der Waals surface area contributed by atoms with Crippen LogP contribution in [0.5, 0.6) is 0 Å². The normalized spacial score (nSPS) is 22.8. The van der Waals surface area contributed by atoms with E-state index < -0.39 is 52.2 Å². The molecule has 0 saturated carbocycles. The number of aliphatic hydroxyl groups is 2. The lowest BCUT2D eigenvalue weighted by molar-refractivity contribution is -0.0541. The number of aryl methyl sites for hydroxylation is 1. The van der Waals surface area contributed by atoms with Gasteiger partial charge in [0.1, 0.15) is 30.7 Å². The zero-order valence-corrected chi connectivity index (χ0v) is 30.6. The minimum Gasteiger partial charge on any atom is -0.387 e. The first kappa shape index (κ1) is 40.6. The molecule has 21 heteroatoms. The number of rotatable bonds is 21. The van der Waals surface area contributed by atoms with Crippen molar-refractivity contribution in [3.8, 4) is 12.3 Å². The van der Waals surface area contributed by atoms with Crippen LogP contribution in [-0.4, -0.2) is 135 Å². The Morgan fingerprint density at radius 3 is 2.35 bits per heavy atom. The molecule has 5 N–H and O–H groups in total. The first-order valence-electron chi connectivity index (χ1n) is 16.4. The van der Waals surface area contributed by atoms with Gasteiger partial charge in [0, 0.05) is 6.54 Å². The SMILES string of the molecule is C#CCOCCOCCOCCOCCN(c1nc(Cl)nc2c1cnn2[C@@H]1OC(COP(=O)(O)CP(=O)(O)O)[C@@H](O)[C@H]1O)C1CCc2ccccc21. The van der Waals surface area contributed by atoms with E-state index in [4.69, 9.17) is 56.0 Å². The number of aliphatic hydroxyl groups excluding tert-OH is 2. The van der Waals surface area contributed by atoms with E-state index in [0.717, 1.165) is 18.4 Å². The maximum absolute atomic E-state index is 12.2. The standard InChI is InChI=1S/C31H42ClN5O13P2/c1-2-10-45-12-14-47-16-17-48-15-13-46-11-9-36(24-8-7-21-5-3-4-6-22(21)24)28-23-18-33-37(29(23)35-31(32)34-28)30-27(39)26(38)25(50-30)19-49-52(43,44)20-51(40,41)42/h1,3-6,18,24-27,30,38-39H,7-17,19-20H2,(H,43,44)(H2,40,41,42)/t24?,25?,26-,27-,30-/m1/s1. The molecule has 6 atom stereocenters. The summed E-state index contributed by atoms with van der Waals surface area (Å²) < 4.78 is 57.3. The molecule has 2 aliphatic rings. The number of halogens is 1. The Morgan fingerprint density at radius 1 is 0.981 bits per heavy atom. The van der Waals surface area contributed by atoms with E-state index in [-0.39, 0.29) is 23.6 Å². The third kappa shape index (κ3) is 10.8. The highest BCUT2D eigenvalue weighted by Gasteiger charge is 2.46. The monoisotopic (exact) mass is 789 g/mol. The summed E-state index contributed by atoms with van der Waals surface area (Å²) in [6.07, 6.45) is 2.36. The van der Waals surface area contributed by atoms with Gasteiger partial charge in [-0.2, -0.15) is 15.1 Å². The minimum atomic E-state index is -4.88. The summed E-state index contributed by atoms with van der Waals surface area (Å²) in [6.45, 7) is 2.56. The molecular weight excluding hydrogens is 748 g/mol. The van der Waals surface area contributed by atoms with Crippen molar-refractivity contribution in [1.82, 2.24) is 19.7 Å². The molecule has 18 nitrogen and oxygen atoms in total. The lowest BCUT2D eigenvalue weighted by Gasteiger charge is -2.31. The molecule has 1 aliphatic heterocycles. The maximum atomic E-state index is 12.2. The summed E-state index contributed by atoms with van der Waals surface area (Å²) in [6, 6.07) is 8.03. The van der Waals surface area contributed by atoms with Crippen molar-refractivity contribution in [2.45, 2.75) is 43.4 Å². The smallest absolute Gasteiger partial charge is 0.340 e. The molecule has 1 aliphatic carbocycles. The molecule has 286 valence electrons. The molecule has 52 heavy (non-hydrogen) atoms. The number of terminal acetylenes is 1. The fourth-order valence-corrected chi connectivity index (χ4v) is 8.77. The zero-order chi connectivity index (χ0) is 37.3. The number of hydrogen-bond donors (Lipinski definition) is 5. The van der Waals surface area contributed by atoms with E-state index in [1.807, 2.05) is 12.1 Å². The summed E-state index contributed by atoms with van der Waals surface area (Å²) in [5.74, 6) is 1.43. The third-order valence-electron chi connectivity index (χ3n) is 8.32. The van der Waals surface area contributed by atoms with E-state index in [0.29, 0.717) is 64.0 Å². The molecule has 3 heterocycles. The van der Waals surface area contributed by atoms with E-state index >= 15 is 0 Å². The molecular formula is C31H42ClN5O13P2. The minimum absolute atomic E-state index is 0.0886. The van der Waals surface area contributed by atoms with Gasteiger partial charge in [0.05, 0.1) is 70.5 Å². The highest BCUT2D eigenvalue weighted by Crippen LogP contribution is 2.55. The molecule has 2 aromatic heterocycles. The molecule has 0 bridgehead atoms. The molecule has 1 fully saturated rings. The van der Waals surface area contributed by atoms with Gasteiger partial charge in [-0.05, 0) is 35.6 Å². The van der Waals surface area contributed by atoms with Crippen molar-refractivity contribution in [1.29, 1.82) is 0 Å². The lowest BCUT2D eigenvalue weighted by Crippen LogP contribution is -2.34. The van der Waals surface area contributed by atoms with Crippen LogP contribution in [0.2, 0.25) is 5.28 Å². The molecule has 0 spiro atoms. The molecule has 0 radical (unpaired) electrons. The van der Waals surface area contributed by atoms with Gasteiger partial charge in [0.15, 0.2) is 17.8 Å². The van der Waals surface area contributed by atoms with Crippen LogP contribution in [0.15, 0.2) is 30.5 Å². The second-order valence-corrected chi connectivity index (χ2v) is 16.3. The zero-order valence-electron chi connectivity index (χ0n) is 28.1. The molecule has 1 saturated heterocycles. The lowest BCUT2D eigenvalue weighted by atomic mass is 10.1. The van der Waals surface area contributed by atoms with E-state index in [2.05, 4.69) is 38.0 Å². The Hall–Kier alpha value is -2.56. The second-order valence-electron chi connectivity index (χ2n) is 12.0. The summed E-state index contributed by atoms with van der Waals surface area (Å²) >= 11 is 6.49. The first-order valence-corrected chi connectivity index (χ1v) is 20.3. The molecule has 0 amide bonds.